The van der Waals surface area contributed by atoms with Gasteiger partial charge in [0.1, 0.15) is 11.6 Å². The number of carbonyl (C=O) groups is 1. The van der Waals surface area contributed by atoms with Crippen molar-refractivity contribution < 1.29 is 23.1 Å². The largest absolute Gasteiger partial charge is 0.389 e. The molecule has 1 amide bonds. The molecule has 1 aromatic heterocycles. The van der Waals surface area contributed by atoms with E-state index in [1.807, 2.05) is 0 Å². The van der Waals surface area contributed by atoms with Gasteiger partial charge in [0.15, 0.2) is 0 Å². The number of hydrogen-bond acceptors (Lipinski definition) is 8. The lowest BCUT2D eigenvalue weighted by atomic mass is 9.93. The van der Waals surface area contributed by atoms with Crippen LogP contribution in [0.1, 0.15) is 63.2 Å². The minimum absolute atomic E-state index is 0.0777. The van der Waals surface area contributed by atoms with E-state index in [4.69, 9.17) is 9.72 Å². The molecular weight excluding hydrogens is 518 g/mol. The number of nitrogens with one attached hydrogen (secondary N) is 3. The van der Waals surface area contributed by atoms with Gasteiger partial charge in [-0.1, -0.05) is 6.07 Å². The van der Waals surface area contributed by atoms with Crippen molar-refractivity contribution in [3.05, 3.63) is 42.0 Å². The molecule has 1 aliphatic carbocycles. The first-order chi connectivity index (χ1) is 18.4. The lowest BCUT2D eigenvalue weighted by molar-refractivity contribution is -0.0135. The van der Waals surface area contributed by atoms with Gasteiger partial charge in [-0.05, 0) is 88.6 Å². The van der Waals surface area contributed by atoms with Crippen molar-refractivity contribution in [2.24, 2.45) is 5.41 Å². The van der Waals surface area contributed by atoms with E-state index in [0.717, 1.165) is 25.9 Å². The van der Waals surface area contributed by atoms with Crippen molar-refractivity contribution in [3.8, 4) is 0 Å². The van der Waals surface area contributed by atoms with Gasteiger partial charge in [0.25, 0.3) is 5.91 Å². The summed E-state index contributed by atoms with van der Waals surface area (Å²) < 4.78 is 33.6. The molecule has 3 aliphatic rings. The second-order valence-electron chi connectivity index (χ2n) is 12.1. The lowest BCUT2D eigenvalue weighted by Crippen LogP contribution is -2.42. The number of rotatable bonds is 7. The summed E-state index contributed by atoms with van der Waals surface area (Å²) in [6.45, 7) is 7.81. The highest BCUT2D eigenvalue weighted by molar-refractivity contribution is 7.89. The summed E-state index contributed by atoms with van der Waals surface area (Å²) in [6, 6.07) is 9.55. The first kappa shape index (κ1) is 27.8. The summed E-state index contributed by atoms with van der Waals surface area (Å²) >= 11 is 0. The van der Waals surface area contributed by atoms with Crippen LogP contribution in [-0.2, 0) is 14.8 Å². The van der Waals surface area contributed by atoms with Gasteiger partial charge in [-0.15, -0.1) is 0 Å². The normalized spacial score (nSPS) is 22.9. The van der Waals surface area contributed by atoms with E-state index in [-0.39, 0.29) is 23.5 Å². The molecule has 11 heteroatoms. The zero-order chi connectivity index (χ0) is 27.8. The number of hydrogen-bond donors (Lipinski definition) is 4. The summed E-state index contributed by atoms with van der Waals surface area (Å²) in [4.78, 5) is 20.6. The van der Waals surface area contributed by atoms with Gasteiger partial charge in [0.05, 0.1) is 29.2 Å². The van der Waals surface area contributed by atoms with Crippen molar-refractivity contribution in [1.29, 1.82) is 0 Å². The van der Waals surface area contributed by atoms with E-state index in [0.29, 0.717) is 41.3 Å². The van der Waals surface area contributed by atoms with Crippen LogP contribution in [0.3, 0.4) is 0 Å². The van der Waals surface area contributed by atoms with Gasteiger partial charge in [-0.25, -0.2) is 18.1 Å². The number of benzene rings is 1. The highest BCUT2D eigenvalue weighted by Gasteiger charge is 2.45. The Bertz CT molecular complexity index is 1310. The Labute approximate surface area is 230 Å². The van der Waals surface area contributed by atoms with Crippen molar-refractivity contribution in [1.82, 2.24) is 9.71 Å². The van der Waals surface area contributed by atoms with Crippen LogP contribution in [0.25, 0.3) is 0 Å². The third-order valence-electron chi connectivity index (χ3n) is 7.70. The second kappa shape index (κ2) is 10.7. The van der Waals surface area contributed by atoms with Gasteiger partial charge >= 0.3 is 0 Å². The quantitative estimate of drug-likeness (QED) is 0.408. The van der Waals surface area contributed by atoms with E-state index >= 15 is 0 Å². The van der Waals surface area contributed by atoms with E-state index in [2.05, 4.69) is 20.3 Å². The second-order valence-corrected chi connectivity index (χ2v) is 13.8. The van der Waals surface area contributed by atoms with E-state index in [9.17, 15) is 18.3 Å². The Hall–Kier alpha value is -2.73. The predicted molar refractivity (Wildman–Crippen MR) is 151 cm³/mol. The van der Waals surface area contributed by atoms with Crippen molar-refractivity contribution in [2.45, 2.75) is 75.5 Å². The van der Waals surface area contributed by atoms with E-state index in [1.54, 1.807) is 45.0 Å². The van der Waals surface area contributed by atoms with Crippen LogP contribution in [0.4, 0.5) is 17.3 Å². The highest BCUT2D eigenvalue weighted by atomic mass is 32.2. The molecule has 3 heterocycles. The van der Waals surface area contributed by atoms with Gasteiger partial charge in [-0.3, -0.25) is 4.79 Å². The minimum atomic E-state index is -3.76. The summed E-state index contributed by atoms with van der Waals surface area (Å²) in [7, 11) is -3.76. The standard InChI is InChI=1S/C28H39N5O5S/c1-27(2,3)32-39(36,37)20-6-4-5-19(17-20)29-26(35)21-7-8-24(30-22-9-16-38-18-23(22)34)31-25(21)33-14-12-28(10-11-28)13-15-33/h4-8,17,22-23,32,34H,9-16,18H2,1-3H3,(H,29,35)(H,30,31)/t22-,23-/m1/s1. The molecule has 0 unspecified atom stereocenters. The fourth-order valence-corrected chi connectivity index (χ4v) is 6.76. The van der Waals surface area contributed by atoms with Crippen molar-refractivity contribution >= 4 is 33.3 Å². The Morgan fingerprint density at radius 3 is 2.54 bits per heavy atom. The molecule has 2 aliphatic heterocycles. The summed E-state index contributed by atoms with van der Waals surface area (Å²) in [5.74, 6) is 0.827. The molecule has 0 bridgehead atoms. The van der Waals surface area contributed by atoms with Gasteiger partial charge in [0, 0.05) is 30.9 Å². The Morgan fingerprint density at radius 1 is 1.13 bits per heavy atom. The smallest absolute Gasteiger partial charge is 0.259 e. The molecule has 2 saturated heterocycles. The monoisotopic (exact) mass is 557 g/mol. The highest BCUT2D eigenvalue weighted by Crippen LogP contribution is 2.54. The van der Waals surface area contributed by atoms with Crippen LogP contribution in [-0.4, -0.2) is 68.4 Å². The molecule has 4 N–H and O–H groups in total. The molecule has 2 atom stereocenters. The van der Waals surface area contributed by atoms with Crippen molar-refractivity contribution in [3.63, 3.8) is 0 Å². The van der Waals surface area contributed by atoms with Crippen LogP contribution in [0.5, 0.6) is 0 Å². The fraction of sp³-hybridized carbons (Fsp3) is 0.571. The van der Waals surface area contributed by atoms with E-state index < -0.39 is 21.7 Å². The summed E-state index contributed by atoms with van der Waals surface area (Å²) in [5.41, 5.74) is 0.628. The molecular formula is C28H39N5O5S. The molecule has 0 radical (unpaired) electrons. The molecule has 2 aromatic rings. The number of aliphatic hydroxyl groups is 1. The SMILES string of the molecule is CC(C)(C)NS(=O)(=O)c1cccc(NC(=O)c2ccc(N[C@@H]3CCOC[C@H]3O)nc2N2CCC3(CC2)CC3)c1. The van der Waals surface area contributed by atoms with Crippen LogP contribution < -0.4 is 20.3 Å². The molecule has 212 valence electrons. The Kier molecular flexibility index (Phi) is 7.62. The van der Waals surface area contributed by atoms with Crippen LogP contribution >= 0.6 is 0 Å². The fourth-order valence-electron chi connectivity index (χ4n) is 5.30. The number of nitrogens with zero attached hydrogens (tertiary/aromatic N) is 2. The van der Waals surface area contributed by atoms with Gasteiger partial charge in [0.2, 0.25) is 10.0 Å². The lowest BCUT2D eigenvalue weighted by Gasteiger charge is -2.34. The number of ether oxygens (including phenoxy) is 1. The van der Waals surface area contributed by atoms with Crippen LogP contribution in [0.15, 0.2) is 41.3 Å². The summed E-state index contributed by atoms with van der Waals surface area (Å²) in [5, 5.41) is 16.5. The maximum atomic E-state index is 13.5. The average Bonchev–Trinajstić information content (AvgIpc) is 3.63. The molecule has 10 nitrogen and oxygen atoms in total. The zero-order valence-corrected chi connectivity index (χ0v) is 23.7. The van der Waals surface area contributed by atoms with Crippen molar-refractivity contribution in [2.75, 3.05) is 41.8 Å². The first-order valence-electron chi connectivity index (χ1n) is 13.7. The first-order valence-corrected chi connectivity index (χ1v) is 15.2. The molecule has 1 saturated carbocycles. The number of pyridine rings is 1. The minimum Gasteiger partial charge on any atom is -0.389 e. The third kappa shape index (κ3) is 6.71. The number of carbonyl (C=O) groups excluding carboxylic acids is 1. The average molecular weight is 558 g/mol. The number of amides is 1. The molecule has 5 rings (SSSR count). The number of aromatic nitrogens is 1. The topological polar surface area (TPSA) is 133 Å². The Morgan fingerprint density at radius 2 is 1.87 bits per heavy atom. The zero-order valence-electron chi connectivity index (χ0n) is 22.9. The number of anilines is 3. The number of sulfonamides is 1. The molecule has 39 heavy (non-hydrogen) atoms. The third-order valence-corrected chi connectivity index (χ3v) is 9.46. The molecule has 3 fully saturated rings. The summed E-state index contributed by atoms with van der Waals surface area (Å²) in [6.07, 6.45) is 4.73. The van der Waals surface area contributed by atoms with Crippen LogP contribution in [0.2, 0.25) is 0 Å². The Balaban J connectivity index is 1.39. The maximum absolute atomic E-state index is 13.5. The maximum Gasteiger partial charge on any atom is 0.259 e. The number of piperidine rings is 1. The molecule has 1 aromatic carbocycles. The van der Waals surface area contributed by atoms with Gasteiger partial charge in [-0.2, -0.15) is 0 Å². The predicted octanol–water partition coefficient (Wildman–Crippen LogP) is 3.35. The van der Waals surface area contributed by atoms with Gasteiger partial charge < -0.3 is 25.4 Å². The molecule has 1 spiro atoms. The van der Waals surface area contributed by atoms with Crippen LogP contribution in [0, 0.1) is 5.41 Å². The van der Waals surface area contributed by atoms with E-state index in [1.165, 1.54) is 25.0 Å². The number of aliphatic hydroxyl groups excluding tert-OH is 1.